The van der Waals surface area contributed by atoms with E-state index < -0.39 is 16.1 Å². The maximum Gasteiger partial charge on any atom is 0.250 e. The summed E-state index contributed by atoms with van der Waals surface area (Å²) >= 11 is 1.11. The number of ether oxygens (including phenoxy) is 1. The first-order chi connectivity index (χ1) is 12.3. The highest BCUT2D eigenvalue weighted by atomic mass is 32.2. The van der Waals surface area contributed by atoms with Crippen molar-refractivity contribution in [3.63, 3.8) is 0 Å². The molecule has 1 amide bonds. The van der Waals surface area contributed by atoms with Gasteiger partial charge in [-0.2, -0.15) is 4.72 Å². The van der Waals surface area contributed by atoms with E-state index in [4.69, 9.17) is 4.74 Å². The van der Waals surface area contributed by atoms with Gasteiger partial charge >= 0.3 is 0 Å². The van der Waals surface area contributed by atoms with Crippen LogP contribution in [0.4, 0.5) is 0 Å². The van der Waals surface area contributed by atoms with Crippen molar-refractivity contribution < 1.29 is 17.9 Å². The van der Waals surface area contributed by atoms with Gasteiger partial charge in [-0.3, -0.25) is 4.79 Å². The fraction of sp³-hybridized carbons (Fsp3) is 0.389. The fourth-order valence-corrected chi connectivity index (χ4v) is 4.73. The predicted octanol–water partition coefficient (Wildman–Crippen LogP) is 2.77. The van der Waals surface area contributed by atoms with Crippen LogP contribution in [0.25, 0.3) is 0 Å². The summed E-state index contributed by atoms with van der Waals surface area (Å²) in [4.78, 5) is 12.6. The van der Waals surface area contributed by atoms with E-state index >= 15 is 0 Å². The van der Waals surface area contributed by atoms with Crippen LogP contribution < -0.4 is 14.8 Å². The SMILES string of the molecule is CCOc1ccccc1CNC(=O)[C@H](NS(=O)(=O)c1cccs1)C(C)C. The molecule has 0 spiro atoms. The molecule has 1 aromatic carbocycles. The summed E-state index contributed by atoms with van der Waals surface area (Å²) in [6.45, 7) is 6.29. The molecule has 0 saturated heterocycles. The first-order valence-electron chi connectivity index (χ1n) is 8.39. The summed E-state index contributed by atoms with van der Waals surface area (Å²) in [6.07, 6.45) is 0. The maximum absolute atomic E-state index is 12.6. The third kappa shape index (κ3) is 5.30. The smallest absolute Gasteiger partial charge is 0.250 e. The maximum atomic E-state index is 12.6. The number of hydrogen-bond donors (Lipinski definition) is 2. The fourth-order valence-electron chi connectivity index (χ4n) is 2.37. The van der Waals surface area contributed by atoms with Gasteiger partial charge in [-0.1, -0.05) is 38.1 Å². The van der Waals surface area contributed by atoms with Crippen LogP contribution in [-0.2, 0) is 21.4 Å². The summed E-state index contributed by atoms with van der Waals surface area (Å²) < 4.78 is 33.1. The van der Waals surface area contributed by atoms with Crippen molar-refractivity contribution in [1.29, 1.82) is 0 Å². The Morgan fingerprint density at radius 2 is 1.92 bits per heavy atom. The molecular weight excluding hydrogens is 372 g/mol. The number of rotatable bonds is 9. The van der Waals surface area contributed by atoms with Crippen molar-refractivity contribution >= 4 is 27.3 Å². The number of carbonyl (C=O) groups is 1. The zero-order valence-electron chi connectivity index (χ0n) is 15.1. The zero-order chi connectivity index (χ0) is 19.2. The summed E-state index contributed by atoms with van der Waals surface area (Å²) in [5.41, 5.74) is 0.839. The second-order valence-electron chi connectivity index (χ2n) is 6.03. The Morgan fingerprint density at radius 3 is 2.54 bits per heavy atom. The first kappa shape index (κ1) is 20.4. The van der Waals surface area contributed by atoms with Crippen LogP contribution in [0.15, 0.2) is 46.0 Å². The van der Waals surface area contributed by atoms with Crippen molar-refractivity contribution in [2.75, 3.05) is 6.61 Å². The first-order valence-corrected chi connectivity index (χ1v) is 10.8. The quantitative estimate of drug-likeness (QED) is 0.683. The molecule has 2 aromatic rings. The number of nitrogens with one attached hydrogen (secondary N) is 2. The van der Waals surface area contributed by atoms with Crippen LogP contribution in [0.3, 0.4) is 0 Å². The number of thiophene rings is 1. The average molecular weight is 397 g/mol. The van der Waals surface area contributed by atoms with Crippen LogP contribution in [0.2, 0.25) is 0 Å². The van der Waals surface area contributed by atoms with E-state index in [2.05, 4.69) is 10.0 Å². The Balaban J connectivity index is 2.08. The molecule has 0 saturated carbocycles. The Hall–Kier alpha value is -1.90. The van der Waals surface area contributed by atoms with Crippen molar-refractivity contribution in [3.05, 3.63) is 47.3 Å². The summed E-state index contributed by atoms with van der Waals surface area (Å²) in [5, 5.41) is 4.49. The van der Waals surface area contributed by atoms with E-state index in [0.29, 0.717) is 12.4 Å². The molecule has 0 aliphatic carbocycles. The molecule has 1 heterocycles. The summed E-state index contributed by atoms with van der Waals surface area (Å²) in [5.74, 6) is 0.133. The third-order valence-corrected chi connectivity index (χ3v) is 6.56. The van der Waals surface area contributed by atoms with E-state index in [9.17, 15) is 13.2 Å². The van der Waals surface area contributed by atoms with E-state index in [0.717, 1.165) is 16.9 Å². The number of carbonyl (C=O) groups excluding carboxylic acids is 1. The van der Waals surface area contributed by atoms with Gasteiger partial charge in [-0.15, -0.1) is 11.3 Å². The zero-order valence-corrected chi connectivity index (χ0v) is 16.7. The molecule has 142 valence electrons. The topological polar surface area (TPSA) is 84.5 Å². The lowest BCUT2D eigenvalue weighted by atomic mass is 10.0. The average Bonchev–Trinajstić information content (AvgIpc) is 3.14. The highest BCUT2D eigenvalue weighted by molar-refractivity contribution is 7.91. The lowest BCUT2D eigenvalue weighted by Crippen LogP contribution is -2.49. The minimum atomic E-state index is -3.72. The van der Waals surface area contributed by atoms with Crippen LogP contribution in [-0.4, -0.2) is 27.0 Å². The number of hydrogen-bond acceptors (Lipinski definition) is 5. The molecule has 0 bridgehead atoms. The minimum absolute atomic E-state index is 0.192. The second-order valence-corrected chi connectivity index (χ2v) is 8.92. The van der Waals surface area contributed by atoms with E-state index in [1.54, 1.807) is 25.3 Å². The number of para-hydroxylation sites is 1. The predicted molar refractivity (Wildman–Crippen MR) is 103 cm³/mol. The van der Waals surface area contributed by atoms with E-state index in [1.807, 2.05) is 31.2 Å². The van der Waals surface area contributed by atoms with Crippen molar-refractivity contribution in [3.8, 4) is 5.75 Å². The molecule has 8 heteroatoms. The van der Waals surface area contributed by atoms with Gasteiger partial charge in [0.2, 0.25) is 5.91 Å². The normalized spacial score (nSPS) is 12.8. The Kier molecular flexibility index (Phi) is 7.19. The van der Waals surface area contributed by atoms with Crippen molar-refractivity contribution in [2.24, 2.45) is 5.92 Å². The van der Waals surface area contributed by atoms with Gasteiger partial charge in [0.1, 0.15) is 16.0 Å². The molecular formula is C18H24N2O4S2. The van der Waals surface area contributed by atoms with Gasteiger partial charge in [0, 0.05) is 12.1 Å². The second kappa shape index (κ2) is 9.16. The van der Waals surface area contributed by atoms with Gasteiger partial charge in [0.25, 0.3) is 10.0 Å². The molecule has 1 aromatic heterocycles. The summed E-state index contributed by atoms with van der Waals surface area (Å²) in [6, 6.07) is 9.75. The van der Waals surface area contributed by atoms with Crippen LogP contribution in [0, 0.1) is 5.92 Å². The van der Waals surface area contributed by atoms with Gasteiger partial charge in [0.15, 0.2) is 0 Å². The molecule has 0 aliphatic rings. The molecule has 26 heavy (non-hydrogen) atoms. The van der Waals surface area contributed by atoms with Crippen molar-refractivity contribution in [1.82, 2.24) is 10.0 Å². The molecule has 6 nitrogen and oxygen atoms in total. The minimum Gasteiger partial charge on any atom is -0.494 e. The van der Waals surface area contributed by atoms with Crippen LogP contribution in [0.5, 0.6) is 5.75 Å². The lowest BCUT2D eigenvalue weighted by molar-refractivity contribution is -0.123. The summed E-state index contributed by atoms with van der Waals surface area (Å²) in [7, 11) is -3.72. The number of amides is 1. The molecule has 0 fully saturated rings. The standard InChI is InChI=1S/C18H24N2O4S2/c1-4-24-15-9-6-5-8-14(15)12-19-18(21)17(13(2)3)20-26(22,23)16-10-7-11-25-16/h5-11,13,17,20H,4,12H2,1-3H3,(H,19,21)/t17-/m1/s1. The number of sulfonamides is 1. The molecule has 2 rings (SSSR count). The number of benzene rings is 1. The lowest BCUT2D eigenvalue weighted by Gasteiger charge is -2.21. The Morgan fingerprint density at radius 1 is 1.19 bits per heavy atom. The molecule has 0 radical (unpaired) electrons. The molecule has 2 N–H and O–H groups in total. The van der Waals surface area contributed by atoms with Crippen LogP contribution in [0.1, 0.15) is 26.3 Å². The van der Waals surface area contributed by atoms with E-state index in [1.165, 1.54) is 6.07 Å². The van der Waals surface area contributed by atoms with Crippen molar-refractivity contribution in [2.45, 2.75) is 37.6 Å². The van der Waals surface area contributed by atoms with Gasteiger partial charge in [-0.05, 0) is 30.4 Å². The largest absolute Gasteiger partial charge is 0.494 e. The highest BCUT2D eigenvalue weighted by Crippen LogP contribution is 2.19. The molecule has 1 atom stereocenters. The van der Waals surface area contributed by atoms with Gasteiger partial charge in [-0.25, -0.2) is 8.42 Å². The third-order valence-electron chi connectivity index (χ3n) is 3.72. The van der Waals surface area contributed by atoms with E-state index in [-0.39, 0.29) is 22.6 Å². The van der Waals surface area contributed by atoms with Gasteiger partial charge < -0.3 is 10.1 Å². The monoisotopic (exact) mass is 396 g/mol. The highest BCUT2D eigenvalue weighted by Gasteiger charge is 2.28. The van der Waals surface area contributed by atoms with Gasteiger partial charge in [0.05, 0.1) is 6.61 Å². The Bertz CT molecular complexity index is 817. The molecule has 0 aliphatic heterocycles. The van der Waals surface area contributed by atoms with Crippen LogP contribution >= 0.6 is 11.3 Å². The Labute approximate surface area is 158 Å². The molecule has 0 unspecified atom stereocenters.